The quantitative estimate of drug-likeness (QED) is 0.802. The van der Waals surface area contributed by atoms with E-state index in [9.17, 15) is 0 Å². The summed E-state index contributed by atoms with van der Waals surface area (Å²) in [6.07, 6.45) is 0.819. The van der Waals surface area contributed by atoms with Gasteiger partial charge in [-0.25, -0.2) is 0 Å². The molecule has 0 bridgehead atoms. The first-order valence-electron chi connectivity index (χ1n) is 5.97. The lowest BCUT2D eigenvalue weighted by molar-refractivity contribution is 0.131. The van der Waals surface area contributed by atoms with E-state index in [1.54, 1.807) is 0 Å². The highest BCUT2D eigenvalue weighted by Crippen LogP contribution is 2.23. The highest BCUT2D eigenvalue weighted by Gasteiger charge is 2.12. The van der Waals surface area contributed by atoms with Gasteiger partial charge in [0.05, 0.1) is 0 Å². The summed E-state index contributed by atoms with van der Waals surface area (Å²) in [5.41, 5.74) is 8.13. The molecule has 1 aromatic rings. The smallest absolute Gasteiger partial charge is 0.120 e. The van der Waals surface area contributed by atoms with Crippen LogP contribution in [0.15, 0.2) is 36.4 Å². The zero-order valence-electron chi connectivity index (χ0n) is 11.3. The third-order valence-electron chi connectivity index (χ3n) is 2.30. The molecule has 0 unspecified atom stereocenters. The molecule has 0 amide bonds. The molecule has 0 saturated carbocycles. The van der Waals surface area contributed by atoms with Gasteiger partial charge in [0, 0.05) is 6.04 Å². The van der Waals surface area contributed by atoms with Crippen molar-refractivity contribution in [3.05, 3.63) is 42.0 Å². The number of rotatable bonds is 4. The van der Waals surface area contributed by atoms with Crippen LogP contribution < -0.4 is 10.5 Å². The lowest BCUT2D eigenvalue weighted by Crippen LogP contribution is -2.22. The van der Waals surface area contributed by atoms with Gasteiger partial charge in [-0.15, -0.1) is 6.58 Å². The van der Waals surface area contributed by atoms with E-state index in [2.05, 4.69) is 6.58 Å². The van der Waals surface area contributed by atoms with Crippen LogP contribution in [0.25, 0.3) is 0 Å². The predicted molar refractivity (Wildman–Crippen MR) is 73.2 cm³/mol. The van der Waals surface area contributed by atoms with E-state index in [-0.39, 0.29) is 11.6 Å². The second-order valence-corrected chi connectivity index (χ2v) is 5.55. The normalized spacial score (nSPS) is 13.2. The molecule has 0 radical (unpaired) electrons. The van der Waals surface area contributed by atoms with Gasteiger partial charge >= 0.3 is 0 Å². The SMILES string of the molecule is C=C(C)C[C@H](N)c1ccc(OC(C)(C)C)cc1. The van der Waals surface area contributed by atoms with Crippen molar-refractivity contribution in [1.29, 1.82) is 0 Å². The lowest BCUT2D eigenvalue weighted by Gasteiger charge is -2.21. The van der Waals surface area contributed by atoms with Gasteiger partial charge < -0.3 is 10.5 Å². The van der Waals surface area contributed by atoms with Crippen LogP contribution >= 0.6 is 0 Å². The number of nitrogens with two attached hydrogens (primary N) is 1. The Kier molecular flexibility index (Phi) is 4.35. The fourth-order valence-corrected chi connectivity index (χ4v) is 1.63. The lowest BCUT2D eigenvalue weighted by atomic mass is 10.0. The third-order valence-corrected chi connectivity index (χ3v) is 2.30. The Morgan fingerprint density at radius 2 is 1.82 bits per heavy atom. The first-order valence-corrected chi connectivity index (χ1v) is 5.97. The summed E-state index contributed by atoms with van der Waals surface area (Å²) < 4.78 is 5.76. The Hall–Kier alpha value is -1.28. The van der Waals surface area contributed by atoms with Crippen LogP contribution in [-0.4, -0.2) is 5.60 Å². The summed E-state index contributed by atoms with van der Waals surface area (Å²) in [7, 11) is 0. The van der Waals surface area contributed by atoms with Crippen LogP contribution in [0.5, 0.6) is 5.75 Å². The summed E-state index contributed by atoms with van der Waals surface area (Å²) in [5, 5.41) is 0. The topological polar surface area (TPSA) is 35.2 Å². The van der Waals surface area contributed by atoms with E-state index >= 15 is 0 Å². The third kappa shape index (κ3) is 5.05. The molecule has 1 atom stereocenters. The average Bonchev–Trinajstić information content (AvgIpc) is 2.15. The summed E-state index contributed by atoms with van der Waals surface area (Å²) in [6, 6.07) is 8.01. The molecule has 94 valence electrons. The van der Waals surface area contributed by atoms with Gasteiger partial charge in [-0.05, 0) is 51.8 Å². The molecule has 0 aliphatic carbocycles. The summed E-state index contributed by atoms with van der Waals surface area (Å²) in [5.74, 6) is 0.878. The zero-order valence-corrected chi connectivity index (χ0v) is 11.3. The van der Waals surface area contributed by atoms with Crippen molar-refractivity contribution in [3.8, 4) is 5.75 Å². The molecule has 0 aliphatic heterocycles. The molecule has 2 heteroatoms. The molecule has 0 fully saturated rings. The average molecular weight is 233 g/mol. The minimum Gasteiger partial charge on any atom is -0.488 e. The number of hydrogen-bond donors (Lipinski definition) is 1. The van der Waals surface area contributed by atoms with Gasteiger partial charge in [-0.2, -0.15) is 0 Å². The summed E-state index contributed by atoms with van der Waals surface area (Å²) in [4.78, 5) is 0. The van der Waals surface area contributed by atoms with E-state index in [0.717, 1.165) is 23.3 Å². The summed E-state index contributed by atoms with van der Waals surface area (Å²) >= 11 is 0. The number of benzene rings is 1. The van der Waals surface area contributed by atoms with Gasteiger partial charge in [0.2, 0.25) is 0 Å². The Morgan fingerprint density at radius 3 is 2.24 bits per heavy atom. The van der Waals surface area contributed by atoms with E-state index < -0.39 is 0 Å². The molecule has 2 nitrogen and oxygen atoms in total. The van der Waals surface area contributed by atoms with E-state index in [1.165, 1.54) is 0 Å². The number of ether oxygens (including phenoxy) is 1. The molecule has 2 N–H and O–H groups in total. The Bertz CT molecular complexity index is 373. The van der Waals surface area contributed by atoms with Gasteiger partial charge in [0.15, 0.2) is 0 Å². The molecule has 0 aliphatic rings. The van der Waals surface area contributed by atoms with Crippen molar-refractivity contribution < 1.29 is 4.74 Å². The van der Waals surface area contributed by atoms with Crippen molar-refractivity contribution in [2.24, 2.45) is 5.73 Å². The van der Waals surface area contributed by atoms with E-state index in [0.29, 0.717) is 0 Å². The first kappa shape index (κ1) is 13.8. The maximum atomic E-state index is 6.07. The van der Waals surface area contributed by atoms with Crippen molar-refractivity contribution in [3.63, 3.8) is 0 Å². The maximum absolute atomic E-state index is 6.07. The summed E-state index contributed by atoms with van der Waals surface area (Å²) in [6.45, 7) is 12.0. The minimum absolute atomic E-state index is 0.0242. The van der Waals surface area contributed by atoms with Crippen LogP contribution in [0.2, 0.25) is 0 Å². The molecule has 0 spiro atoms. The fraction of sp³-hybridized carbons (Fsp3) is 0.467. The maximum Gasteiger partial charge on any atom is 0.120 e. The van der Waals surface area contributed by atoms with Crippen molar-refractivity contribution >= 4 is 0 Å². The number of hydrogen-bond acceptors (Lipinski definition) is 2. The van der Waals surface area contributed by atoms with Crippen LogP contribution in [0.3, 0.4) is 0 Å². The molecule has 1 aromatic carbocycles. The molecule has 0 saturated heterocycles. The van der Waals surface area contributed by atoms with Gasteiger partial charge in [-0.3, -0.25) is 0 Å². The first-order chi connectivity index (χ1) is 7.78. The second kappa shape index (κ2) is 5.37. The van der Waals surface area contributed by atoms with Gasteiger partial charge in [-0.1, -0.05) is 17.7 Å². The zero-order chi connectivity index (χ0) is 13.1. The second-order valence-electron chi connectivity index (χ2n) is 5.55. The van der Waals surface area contributed by atoms with Crippen LogP contribution in [-0.2, 0) is 0 Å². The Labute approximate surface area is 104 Å². The van der Waals surface area contributed by atoms with Crippen molar-refractivity contribution in [2.75, 3.05) is 0 Å². The monoisotopic (exact) mass is 233 g/mol. The largest absolute Gasteiger partial charge is 0.488 e. The predicted octanol–water partition coefficient (Wildman–Crippen LogP) is 3.83. The van der Waals surface area contributed by atoms with Crippen LogP contribution in [0.4, 0.5) is 0 Å². The highest BCUT2D eigenvalue weighted by atomic mass is 16.5. The minimum atomic E-state index is -0.165. The van der Waals surface area contributed by atoms with Crippen LogP contribution in [0, 0.1) is 0 Å². The standard InChI is InChI=1S/C15H23NO/c1-11(2)10-14(16)12-6-8-13(9-7-12)17-15(3,4)5/h6-9,14H,1,10,16H2,2-5H3/t14-/m0/s1. The molecular weight excluding hydrogens is 210 g/mol. The van der Waals surface area contributed by atoms with Gasteiger partial charge in [0.1, 0.15) is 11.4 Å². The van der Waals surface area contributed by atoms with E-state index in [1.807, 2.05) is 52.0 Å². The molecule has 1 rings (SSSR count). The van der Waals surface area contributed by atoms with Crippen molar-refractivity contribution in [2.45, 2.75) is 45.8 Å². The van der Waals surface area contributed by atoms with E-state index in [4.69, 9.17) is 10.5 Å². The molecule has 0 heterocycles. The van der Waals surface area contributed by atoms with Crippen molar-refractivity contribution in [1.82, 2.24) is 0 Å². The Morgan fingerprint density at radius 1 is 1.29 bits per heavy atom. The Balaban J connectivity index is 2.71. The molecule has 17 heavy (non-hydrogen) atoms. The molecule has 0 aromatic heterocycles. The highest BCUT2D eigenvalue weighted by molar-refractivity contribution is 5.30. The van der Waals surface area contributed by atoms with Gasteiger partial charge in [0.25, 0.3) is 0 Å². The fourth-order valence-electron chi connectivity index (χ4n) is 1.63. The van der Waals surface area contributed by atoms with Crippen LogP contribution in [0.1, 0.15) is 45.7 Å². The molecular formula is C15H23NO.